The van der Waals surface area contributed by atoms with Crippen LogP contribution in [0.25, 0.3) is 0 Å². The largest absolute Gasteiger partial charge is 0.466 e. The number of nitrogens with zero attached hydrogens (tertiary/aromatic N) is 1. The Balaban J connectivity index is 3.32. The Labute approximate surface area is 239 Å². The fourth-order valence-corrected chi connectivity index (χ4v) is 4.23. The van der Waals surface area contributed by atoms with Crippen LogP contribution in [0.4, 0.5) is 4.79 Å². The van der Waals surface area contributed by atoms with Gasteiger partial charge in [0.1, 0.15) is 17.7 Å². The van der Waals surface area contributed by atoms with Crippen LogP contribution in [0.2, 0.25) is 0 Å². The first-order valence-corrected chi connectivity index (χ1v) is 14.3. The number of rotatable bonds is 17. The van der Waals surface area contributed by atoms with E-state index >= 15 is 0 Å². The highest BCUT2D eigenvalue weighted by Crippen LogP contribution is 2.26. The molecule has 0 heterocycles. The molecule has 0 aliphatic rings. The Kier molecular flexibility index (Phi) is 15.9. The molecule has 2 unspecified atom stereocenters. The van der Waals surface area contributed by atoms with E-state index in [2.05, 4.69) is 17.6 Å². The van der Waals surface area contributed by atoms with Crippen LogP contribution in [-0.4, -0.2) is 71.8 Å². The quantitative estimate of drug-likeness (QED) is 0.191. The molecule has 0 fully saturated rings. The summed E-state index contributed by atoms with van der Waals surface area (Å²) >= 11 is 0. The normalized spacial score (nSPS) is 12.7. The van der Waals surface area contributed by atoms with Crippen LogP contribution >= 0.6 is 0 Å². The van der Waals surface area contributed by atoms with Gasteiger partial charge in [0.25, 0.3) is 0 Å². The fraction of sp³-hybridized carbons (Fsp3) is 0.667. The number of aliphatic hydroxyl groups is 1. The van der Waals surface area contributed by atoms with Crippen LogP contribution < -0.4 is 10.6 Å². The molecule has 0 aromatic heterocycles. The molecule has 3 N–H and O–H groups in total. The van der Waals surface area contributed by atoms with Gasteiger partial charge in [0.15, 0.2) is 0 Å². The topological polar surface area (TPSA) is 134 Å². The van der Waals surface area contributed by atoms with Crippen molar-refractivity contribution in [2.45, 2.75) is 104 Å². The average Bonchev–Trinajstić information content (AvgIpc) is 2.88. The number of unbranched alkanes of at least 4 members (excludes halogenated alkanes) is 5. The van der Waals surface area contributed by atoms with Gasteiger partial charge in [0, 0.05) is 13.1 Å². The monoisotopic (exact) mass is 563 g/mol. The number of benzene rings is 1. The third-order valence-electron chi connectivity index (χ3n) is 6.18. The lowest BCUT2D eigenvalue weighted by molar-refractivity contribution is -0.144. The van der Waals surface area contributed by atoms with E-state index in [1.807, 2.05) is 19.1 Å². The molecule has 3 amide bonds. The first kappa shape index (κ1) is 34.9. The Morgan fingerprint density at radius 2 is 1.65 bits per heavy atom. The number of carbonyl (C=O) groups excluding carboxylic acids is 4. The molecule has 0 aliphatic heterocycles. The maximum atomic E-state index is 13.9. The number of ether oxygens (including phenoxy) is 2. The minimum absolute atomic E-state index is 0.00902. The standard InChI is InChI=1S/C30H49N3O7/c1-7-9-10-11-12-15-20-33(28(37)24(21-34)32-29(38)40-30(4,5)6)26(23-17-14-13-16-22(23)3)27(36)31-19-18-25(35)39-8-2/h13-14,16-17,24,26,34H,7-12,15,18-21H2,1-6H3,(H,31,36)(H,32,38). The average molecular weight is 564 g/mol. The zero-order valence-corrected chi connectivity index (χ0v) is 25.1. The number of esters is 1. The van der Waals surface area contributed by atoms with Crippen molar-refractivity contribution in [3.8, 4) is 0 Å². The number of amides is 3. The second kappa shape index (κ2) is 18.3. The summed E-state index contributed by atoms with van der Waals surface area (Å²) in [6.45, 7) is 10.6. The number of aryl methyl sites for hydroxylation is 1. The zero-order chi connectivity index (χ0) is 30.1. The van der Waals surface area contributed by atoms with Crippen LogP contribution in [0.5, 0.6) is 0 Å². The molecule has 1 rings (SSSR count). The number of hydrogen-bond acceptors (Lipinski definition) is 7. The van der Waals surface area contributed by atoms with E-state index in [-0.39, 0.29) is 26.1 Å². The summed E-state index contributed by atoms with van der Waals surface area (Å²) in [5.41, 5.74) is 0.618. The van der Waals surface area contributed by atoms with Gasteiger partial charge in [-0.05, 0) is 52.2 Å². The molecule has 0 saturated heterocycles. The summed E-state index contributed by atoms with van der Waals surface area (Å²) in [6.07, 6.45) is 4.97. The molecular weight excluding hydrogens is 514 g/mol. The van der Waals surface area contributed by atoms with Crippen molar-refractivity contribution >= 4 is 23.9 Å². The Hall–Kier alpha value is -3.14. The Morgan fingerprint density at radius 3 is 2.25 bits per heavy atom. The first-order valence-electron chi connectivity index (χ1n) is 14.3. The summed E-state index contributed by atoms with van der Waals surface area (Å²) in [7, 11) is 0. The van der Waals surface area contributed by atoms with E-state index < -0.39 is 48.2 Å². The maximum absolute atomic E-state index is 13.9. The molecule has 226 valence electrons. The Bertz CT molecular complexity index is 945. The number of hydrogen-bond donors (Lipinski definition) is 3. The van der Waals surface area contributed by atoms with Crippen LogP contribution in [-0.2, 0) is 23.9 Å². The lowest BCUT2D eigenvalue weighted by atomic mass is 9.97. The summed E-state index contributed by atoms with van der Waals surface area (Å²) in [6, 6.07) is 4.91. The van der Waals surface area contributed by atoms with Crippen molar-refractivity contribution in [3.05, 3.63) is 35.4 Å². The van der Waals surface area contributed by atoms with E-state index in [4.69, 9.17) is 9.47 Å². The molecule has 10 heteroatoms. The highest BCUT2D eigenvalue weighted by Gasteiger charge is 2.36. The lowest BCUT2D eigenvalue weighted by Crippen LogP contribution is -2.54. The highest BCUT2D eigenvalue weighted by molar-refractivity contribution is 5.92. The van der Waals surface area contributed by atoms with Gasteiger partial charge in [-0.1, -0.05) is 63.3 Å². The smallest absolute Gasteiger partial charge is 0.408 e. The molecule has 1 aromatic rings. The van der Waals surface area contributed by atoms with Gasteiger partial charge >= 0.3 is 12.1 Å². The summed E-state index contributed by atoms with van der Waals surface area (Å²) < 4.78 is 10.2. The van der Waals surface area contributed by atoms with E-state index in [0.717, 1.165) is 37.7 Å². The second-order valence-corrected chi connectivity index (χ2v) is 10.8. The van der Waals surface area contributed by atoms with Crippen LogP contribution in [0, 0.1) is 6.92 Å². The molecule has 0 spiro atoms. The molecule has 0 bridgehead atoms. The molecule has 40 heavy (non-hydrogen) atoms. The summed E-state index contributed by atoms with van der Waals surface area (Å²) in [5, 5.41) is 15.3. The summed E-state index contributed by atoms with van der Waals surface area (Å²) in [5.74, 6) is -1.50. The van der Waals surface area contributed by atoms with Gasteiger partial charge in [-0.3, -0.25) is 14.4 Å². The zero-order valence-electron chi connectivity index (χ0n) is 25.1. The van der Waals surface area contributed by atoms with Gasteiger partial charge in [0.2, 0.25) is 11.8 Å². The number of alkyl carbamates (subject to hydrolysis) is 1. The third-order valence-corrected chi connectivity index (χ3v) is 6.18. The van der Waals surface area contributed by atoms with Gasteiger partial charge in [-0.2, -0.15) is 0 Å². The molecule has 0 saturated carbocycles. The third kappa shape index (κ3) is 12.8. The molecule has 2 atom stereocenters. The highest BCUT2D eigenvalue weighted by atomic mass is 16.6. The van der Waals surface area contributed by atoms with Crippen molar-refractivity contribution in [3.63, 3.8) is 0 Å². The van der Waals surface area contributed by atoms with Crippen molar-refractivity contribution in [1.82, 2.24) is 15.5 Å². The molecular formula is C30H49N3O7. The first-order chi connectivity index (χ1) is 18.9. The maximum Gasteiger partial charge on any atom is 0.408 e. The van der Waals surface area contributed by atoms with E-state index in [9.17, 15) is 24.3 Å². The fourth-order valence-electron chi connectivity index (χ4n) is 4.23. The van der Waals surface area contributed by atoms with Gasteiger partial charge in [-0.25, -0.2) is 4.79 Å². The molecule has 0 aliphatic carbocycles. The SMILES string of the molecule is CCCCCCCCN(C(=O)C(CO)NC(=O)OC(C)(C)C)C(C(=O)NCCC(=O)OCC)c1ccccc1C. The van der Waals surface area contributed by atoms with Crippen LogP contribution in [0.15, 0.2) is 24.3 Å². The van der Waals surface area contributed by atoms with Gasteiger partial charge < -0.3 is 30.1 Å². The minimum atomic E-state index is -1.31. The number of nitrogens with one attached hydrogen (secondary N) is 2. The van der Waals surface area contributed by atoms with E-state index in [0.29, 0.717) is 12.0 Å². The predicted octanol–water partition coefficient (Wildman–Crippen LogP) is 4.18. The van der Waals surface area contributed by atoms with E-state index in [1.165, 1.54) is 4.90 Å². The molecule has 1 aromatic carbocycles. The van der Waals surface area contributed by atoms with Gasteiger partial charge in [-0.15, -0.1) is 0 Å². The van der Waals surface area contributed by atoms with Crippen LogP contribution in [0.3, 0.4) is 0 Å². The lowest BCUT2D eigenvalue weighted by Gasteiger charge is -2.34. The molecule has 0 radical (unpaired) electrons. The van der Waals surface area contributed by atoms with E-state index in [1.54, 1.807) is 39.8 Å². The van der Waals surface area contributed by atoms with Crippen molar-refractivity contribution in [2.24, 2.45) is 0 Å². The number of carbonyl (C=O) groups is 4. The predicted molar refractivity (Wildman–Crippen MR) is 154 cm³/mol. The van der Waals surface area contributed by atoms with Crippen molar-refractivity contribution in [1.29, 1.82) is 0 Å². The minimum Gasteiger partial charge on any atom is -0.466 e. The molecule has 10 nitrogen and oxygen atoms in total. The second-order valence-electron chi connectivity index (χ2n) is 10.8. The van der Waals surface area contributed by atoms with Crippen molar-refractivity contribution < 1.29 is 33.8 Å². The van der Waals surface area contributed by atoms with Crippen molar-refractivity contribution in [2.75, 3.05) is 26.3 Å². The van der Waals surface area contributed by atoms with Gasteiger partial charge in [0.05, 0.1) is 19.6 Å². The number of aliphatic hydroxyl groups excluding tert-OH is 1. The summed E-state index contributed by atoms with van der Waals surface area (Å²) in [4.78, 5) is 53.2. The van der Waals surface area contributed by atoms with Crippen LogP contribution in [0.1, 0.15) is 96.7 Å². The Morgan fingerprint density at radius 1 is 1.00 bits per heavy atom.